The van der Waals surface area contributed by atoms with E-state index in [1.165, 1.54) is 0 Å². The number of rotatable bonds is 5. The third-order valence-electron chi connectivity index (χ3n) is 4.95. The molecule has 5 aromatic rings. The number of carbonyl (C=O) groups is 1. The second-order valence-corrected chi connectivity index (χ2v) is 7.92. The van der Waals surface area contributed by atoms with Crippen molar-refractivity contribution in [1.29, 1.82) is 0 Å². The largest absolute Gasteiger partial charge is 0.322 e. The molecule has 8 heteroatoms. The van der Waals surface area contributed by atoms with Crippen LogP contribution in [0.4, 0.5) is 5.69 Å². The lowest BCUT2D eigenvalue weighted by Gasteiger charge is -2.07. The molecule has 0 atom stereocenters. The SMILES string of the molecule is Cc1c(C(=O)Nc2cccc(-c3csc(-c4cccnc4)n3)c2)cnn1-c1ccccn1. The molecule has 0 bridgehead atoms. The zero-order valence-electron chi connectivity index (χ0n) is 17.1. The summed E-state index contributed by atoms with van der Waals surface area (Å²) in [5.74, 6) is 0.440. The summed E-state index contributed by atoms with van der Waals surface area (Å²) in [6, 6.07) is 17.1. The van der Waals surface area contributed by atoms with Crippen molar-refractivity contribution in [2.24, 2.45) is 0 Å². The summed E-state index contributed by atoms with van der Waals surface area (Å²) in [5, 5.41) is 10.2. The van der Waals surface area contributed by atoms with Crippen LogP contribution in [-0.4, -0.2) is 30.6 Å². The van der Waals surface area contributed by atoms with Gasteiger partial charge in [0, 0.05) is 40.8 Å². The number of aromatic nitrogens is 5. The topological polar surface area (TPSA) is 85.6 Å². The van der Waals surface area contributed by atoms with E-state index in [1.54, 1.807) is 40.8 Å². The van der Waals surface area contributed by atoms with Crippen LogP contribution >= 0.6 is 11.3 Å². The molecule has 32 heavy (non-hydrogen) atoms. The summed E-state index contributed by atoms with van der Waals surface area (Å²) in [6.45, 7) is 1.85. The minimum atomic E-state index is -0.226. The van der Waals surface area contributed by atoms with Crippen LogP contribution in [0, 0.1) is 6.92 Å². The molecule has 0 spiro atoms. The van der Waals surface area contributed by atoms with Gasteiger partial charge in [-0.15, -0.1) is 11.3 Å². The highest BCUT2D eigenvalue weighted by atomic mass is 32.1. The molecule has 0 aliphatic rings. The highest BCUT2D eigenvalue weighted by Gasteiger charge is 2.16. The van der Waals surface area contributed by atoms with Crippen LogP contribution in [0.1, 0.15) is 16.1 Å². The Balaban J connectivity index is 1.37. The molecule has 0 radical (unpaired) electrons. The van der Waals surface area contributed by atoms with Crippen molar-refractivity contribution in [2.45, 2.75) is 6.92 Å². The number of benzene rings is 1. The Morgan fingerprint density at radius 1 is 1.00 bits per heavy atom. The summed E-state index contributed by atoms with van der Waals surface area (Å²) >= 11 is 1.56. The third-order valence-corrected chi connectivity index (χ3v) is 5.84. The van der Waals surface area contributed by atoms with Crippen molar-refractivity contribution in [3.05, 3.63) is 96.0 Å². The molecule has 0 aliphatic heterocycles. The first-order valence-corrected chi connectivity index (χ1v) is 10.8. The standard InChI is InChI=1S/C24H18N6OS/c1-16-20(14-27-30(16)22-9-2-3-11-26-22)23(31)28-19-8-4-6-17(12-19)21-15-32-24(29-21)18-7-5-10-25-13-18/h2-15H,1H3,(H,28,31). The van der Waals surface area contributed by atoms with Gasteiger partial charge in [-0.05, 0) is 43.3 Å². The maximum atomic E-state index is 12.9. The molecular formula is C24H18N6OS. The lowest BCUT2D eigenvalue weighted by Crippen LogP contribution is -2.13. The number of thiazole rings is 1. The van der Waals surface area contributed by atoms with Gasteiger partial charge in [0.15, 0.2) is 5.82 Å². The highest BCUT2D eigenvalue weighted by molar-refractivity contribution is 7.13. The van der Waals surface area contributed by atoms with Crippen molar-refractivity contribution in [1.82, 2.24) is 24.7 Å². The van der Waals surface area contributed by atoms with Gasteiger partial charge in [-0.1, -0.05) is 18.2 Å². The Kier molecular flexibility index (Phi) is 5.27. The smallest absolute Gasteiger partial charge is 0.259 e. The predicted molar refractivity (Wildman–Crippen MR) is 125 cm³/mol. The van der Waals surface area contributed by atoms with Gasteiger partial charge >= 0.3 is 0 Å². The molecule has 0 saturated carbocycles. The van der Waals surface area contributed by atoms with E-state index in [2.05, 4.69) is 20.4 Å². The lowest BCUT2D eigenvalue weighted by atomic mass is 10.1. The molecule has 0 saturated heterocycles. The van der Waals surface area contributed by atoms with E-state index in [-0.39, 0.29) is 5.91 Å². The first-order valence-electron chi connectivity index (χ1n) is 9.93. The van der Waals surface area contributed by atoms with Gasteiger partial charge < -0.3 is 5.32 Å². The van der Waals surface area contributed by atoms with Crippen LogP contribution in [0.5, 0.6) is 0 Å². The van der Waals surface area contributed by atoms with Crippen molar-refractivity contribution < 1.29 is 4.79 Å². The van der Waals surface area contributed by atoms with E-state index < -0.39 is 0 Å². The van der Waals surface area contributed by atoms with E-state index >= 15 is 0 Å². The summed E-state index contributed by atoms with van der Waals surface area (Å²) in [7, 11) is 0. The summed E-state index contributed by atoms with van der Waals surface area (Å²) in [6.07, 6.45) is 6.79. The van der Waals surface area contributed by atoms with Crippen LogP contribution in [0.25, 0.3) is 27.6 Å². The van der Waals surface area contributed by atoms with E-state index in [0.29, 0.717) is 17.1 Å². The number of hydrogen-bond acceptors (Lipinski definition) is 6. The first kappa shape index (κ1) is 19.8. The molecule has 0 aliphatic carbocycles. The van der Waals surface area contributed by atoms with Gasteiger partial charge in [-0.3, -0.25) is 9.78 Å². The van der Waals surface area contributed by atoms with Crippen LogP contribution in [0.3, 0.4) is 0 Å². The monoisotopic (exact) mass is 438 g/mol. The second-order valence-electron chi connectivity index (χ2n) is 7.06. The Hall–Kier alpha value is -4.17. The molecule has 7 nitrogen and oxygen atoms in total. The van der Waals surface area contributed by atoms with Crippen molar-refractivity contribution in [2.75, 3.05) is 5.32 Å². The van der Waals surface area contributed by atoms with E-state index in [9.17, 15) is 4.79 Å². The molecule has 5 rings (SSSR count). The number of amides is 1. The van der Waals surface area contributed by atoms with Gasteiger partial charge in [-0.25, -0.2) is 14.6 Å². The van der Waals surface area contributed by atoms with Crippen LogP contribution in [0.15, 0.2) is 84.8 Å². The van der Waals surface area contributed by atoms with E-state index in [0.717, 1.165) is 27.5 Å². The summed E-state index contributed by atoms with van der Waals surface area (Å²) < 4.78 is 1.65. The molecule has 4 heterocycles. The van der Waals surface area contributed by atoms with Gasteiger partial charge in [0.25, 0.3) is 5.91 Å². The molecule has 4 aromatic heterocycles. The van der Waals surface area contributed by atoms with Crippen LogP contribution in [0.2, 0.25) is 0 Å². The van der Waals surface area contributed by atoms with Crippen LogP contribution < -0.4 is 5.32 Å². The number of hydrogen-bond donors (Lipinski definition) is 1. The molecule has 0 fully saturated rings. The first-order chi connectivity index (χ1) is 15.7. The van der Waals surface area contributed by atoms with E-state index in [1.807, 2.05) is 66.9 Å². The Morgan fingerprint density at radius 2 is 1.91 bits per heavy atom. The number of carbonyl (C=O) groups excluding carboxylic acids is 1. The highest BCUT2D eigenvalue weighted by Crippen LogP contribution is 2.29. The van der Waals surface area contributed by atoms with Crippen molar-refractivity contribution >= 4 is 22.9 Å². The van der Waals surface area contributed by atoms with Crippen molar-refractivity contribution in [3.63, 3.8) is 0 Å². The van der Waals surface area contributed by atoms with Gasteiger partial charge in [0.1, 0.15) is 5.01 Å². The minimum Gasteiger partial charge on any atom is -0.322 e. The average molecular weight is 439 g/mol. The molecule has 156 valence electrons. The fourth-order valence-corrected chi connectivity index (χ4v) is 4.15. The van der Waals surface area contributed by atoms with Gasteiger partial charge in [0.2, 0.25) is 0 Å². The number of anilines is 1. The molecular weight excluding hydrogens is 420 g/mol. The normalized spacial score (nSPS) is 10.8. The van der Waals surface area contributed by atoms with Crippen LogP contribution in [-0.2, 0) is 0 Å². The second kappa shape index (κ2) is 8.52. The van der Waals surface area contributed by atoms with E-state index in [4.69, 9.17) is 4.98 Å². The zero-order chi connectivity index (χ0) is 21.9. The number of nitrogens with one attached hydrogen (secondary N) is 1. The number of pyridine rings is 2. The molecule has 1 amide bonds. The summed E-state index contributed by atoms with van der Waals surface area (Å²) in [5.41, 5.74) is 4.66. The lowest BCUT2D eigenvalue weighted by molar-refractivity contribution is 0.102. The predicted octanol–water partition coefficient (Wildman–Crippen LogP) is 5.01. The van der Waals surface area contributed by atoms with Gasteiger partial charge in [-0.2, -0.15) is 5.10 Å². The maximum absolute atomic E-state index is 12.9. The van der Waals surface area contributed by atoms with Crippen molar-refractivity contribution in [3.8, 4) is 27.6 Å². The Labute approximate surface area is 188 Å². The fraction of sp³-hybridized carbons (Fsp3) is 0.0417. The quantitative estimate of drug-likeness (QED) is 0.417. The Morgan fingerprint density at radius 3 is 2.72 bits per heavy atom. The zero-order valence-corrected chi connectivity index (χ0v) is 18.0. The molecule has 0 unspecified atom stereocenters. The third kappa shape index (κ3) is 3.91. The number of nitrogens with zero attached hydrogens (tertiary/aromatic N) is 5. The minimum absolute atomic E-state index is 0.226. The molecule has 1 N–H and O–H groups in total. The van der Waals surface area contributed by atoms with Gasteiger partial charge in [0.05, 0.1) is 23.1 Å². The Bertz CT molecular complexity index is 1380. The maximum Gasteiger partial charge on any atom is 0.259 e. The summed E-state index contributed by atoms with van der Waals surface area (Å²) in [4.78, 5) is 26.1. The fourth-order valence-electron chi connectivity index (χ4n) is 3.33. The molecule has 1 aromatic carbocycles. The average Bonchev–Trinajstić information content (AvgIpc) is 3.48.